The zero-order valence-electron chi connectivity index (χ0n) is 19.3. The van der Waals surface area contributed by atoms with E-state index in [0.717, 1.165) is 12.8 Å². The van der Waals surface area contributed by atoms with Crippen LogP contribution in [-0.2, 0) is 11.8 Å². The number of aryl methyl sites for hydroxylation is 1. The van der Waals surface area contributed by atoms with Crippen LogP contribution in [-0.4, -0.2) is 61.7 Å². The first kappa shape index (κ1) is 22.1. The Hall–Kier alpha value is -3.14. The molecule has 0 spiro atoms. The number of fused-ring (bicyclic) bond motifs is 1. The first-order chi connectivity index (χ1) is 15.2. The van der Waals surface area contributed by atoms with Crippen LogP contribution in [0.25, 0.3) is 22.2 Å². The third kappa shape index (κ3) is 3.68. The highest BCUT2D eigenvalue weighted by Gasteiger charge is 2.27. The molecule has 1 aliphatic heterocycles. The Bertz CT molecular complexity index is 1200. The number of hydrogen-bond acceptors (Lipinski definition) is 6. The quantitative estimate of drug-likeness (QED) is 0.625. The second kappa shape index (κ2) is 8.42. The Balaban J connectivity index is 1.79. The summed E-state index contributed by atoms with van der Waals surface area (Å²) >= 11 is 0. The number of hydrogen-bond donors (Lipinski definition) is 2. The monoisotopic (exact) mass is 441 g/mol. The molecule has 0 aliphatic carbocycles. The van der Waals surface area contributed by atoms with Gasteiger partial charge in [-0.05, 0) is 31.7 Å². The van der Waals surface area contributed by atoms with Gasteiger partial charge in [0, 0.05) is 51.2 Å². The average molecular weight is 442 g/mol. The lowest BCUT2D eigenvalue weighted by molar-refractivity contribution is 0.0356. The molecule has 4 rings (SSSR count). The number of carbonyl (C=O) groups excluding carboxylic acids is 1. The summed E-state index contributed by atoms with van der Waals surface area (Å²) in [7, 11) is 3.57. The first-order valence-electron chi connectivity index (χ1n) is 11.0. The normalized spacial score (nSPS) is 16.1. The highest BCUT2D eigenvalue weighted by molar-refractivity contribution is 5.99. The molecule has 1 aliphatic rings. The molecule has 3 N–H and O–H groups in total. The van der Waals surface area contributed by atoms with Crippen molar-refractivity contribution < 1.29 is 9.53 Å². The number of rotatable bonds is 5. The number of amides is 1. The highest BCUT2D eigenvalue weighted by atomic mass is 16.5. The van der Waals surface area contributed by atoms with E-state index >= 15 is 0 Å². The topological polar surface area (TPSA) is 124 Å². The molecule has 4 heterocycles. The second-order valence-corrected chi connectivity index (χ2v) is 8.90. The van der Waals surface area contributed by atoms with Gasteiger partial charge in [0.2, 0.25) is 0 Å². The van der Waals surface area contributed by atoms with Crippen molar-refractivity contribution in [2.45, 2.75) is 45.7 Å². The largest absolute Gasteiger partial charge is 0.382 e. The molecule has 0 saturated carbocycles. The molecule has 3 aromatic rings. The van der Waals surface area contributed by atoms with Crippen LogP contribution in [0.2, 0.25) is 0 Å². The fraction of sp³-hybridized carbons (Fsp3) is 0.545. The van der Waals surface area contributed by atoms with Crippen LogP contribution in [0.1, 0.15) is 50.1 Å². The Kier molecular flexibility index (Phi) is 5.81. The zero-order chi connectivity index (χ0) is 23.2. The van der Waals surface area contributed by atoms with E-state index in [-0.39, 0.29) is 35.3 Å². The lowest BCUT2D eigenvalue weighted by Crippen LogP contribution is -2.41. The van der Waals surface area contributed by atoms with Crippen LogP contribution >= 0.6 is 0 Å². The number of carbonyl (C=O) groups is 1. The summed E-state index contributed by atoms with van der Waals surface area (Å²) in [6.07, 6.45) is 3.42. The highest BCUT2D eigenvalue weighted by Crippen LogP contribution is 2.29. The molecule has 172 valence electrons. The molecule has 1 amide bonds. The lowest BCUT2D eigenvalue weighted by Gasteiger charge is -2.31. The molecule has 10 nitrogen and oxygen atoms in total. The lowest BCUT2D eigenvalue weighted by atomic mass is 10.0. The average Bonchev–Trinajstić information content (AvgIpc) is 3.36. The van der Waals surface area contributed by atoms with E-state index < -0.39 is 0 Å². The van der Waals surface area contributed by atoms with Gasteiger partial charge in [-0.1, -0.05) is 13.8 Å². The van der Waals surface area contributed by atoms with E-state index in [4.69, 9.17) is 10.5 Å². The first-order valence-corrected chi connectivity index (χ1v) is 11.0. The molecule has 0 aromatic carbocycles. The van der Waals surface area contributed by atoms with Gasteiger partial charge in [0.15, 0.2) is 5.82 Å². The number of ether oxygens (including phenoxy) is 1. The van der Waals surface area contributed by atoms with Crippen molar-refractivity contribution in [2.24, 2.45) is 13.0 Å². The Morgan fingerprint density at radius 2 is 2.00 bits per heavy atom. The maximum Gasteiger partial charge on any atom is 0.272 e. The number of nitrogens with one attached hydrogen (secondary N) is 1. The molecule has 1 unspecified atom stereocenters. The van der Waals surface area contributed by atoms with E-state index in [1.165, 1.54) is 0 Å². The van der Waals surface area contributed by atoms with Gasteiger partial charge in [-0.15, -0.1) is 0 Å². The van der Waals surface area contributed by atoms with Crippen molar-refractivity contribution in [3.05, 3.63) is 28.3 Å². The van der Waals surface area contributed by atoms with Crippen LogP contribution in [0.5, 0.6) is 0 Å². The van der Waals surface area contributed by atoms with Crippen LogP contribution < -0.4 is 11.3 Å². The summed E-state index contributed by atoms with van der Waals surface area (Å²) in [4.78, 5) is 28.1. The minimum absolute atomic E-state index is 0.0515. The van der Waals surface area contributed by atoms with Crippen molar-refractivity contribution in [2.75, 3.05) is 26.0 Å². The third-order valence-corrected chi connectivity index (χ3v) is 6.62. The number of aromatic amines is 1. The van der Waals surface area contributed by atoms with Gasteiger partial charge >= 0.3 is 0 Å². The number of nitrogens with two attached hydrogens (primary N) is 1. The van der Waals surface area contributed by atoms with Crippen LogP contribution in [0.4, 0.5) is 5.82 Å². The SMILES string of the molecule is CC(C)C(C)n1cc(-c2cc(C(=O)N(C)C3CCOCC3)n(C)n2)c2[nH]nc(N)c2c1=O. The van der Waals surface area contributed by atoms with Crippen molar-refractivity contribution in [3.63, 3.8) is 0 Å². The minimum Gasteiger partial charge on any atom is -0.382 e. The maximum absolute atomic E-state index is 13.2. The van der Waals surface area contributed by atoms with E-state index in [0.29, 0.717) is 41.1 Å². The molecule has 1 saturated heterocycles. The molecule has 32 heavy (non-hydrogen) atoms. The molecule has 0 bridgehead atoms. The van der Waals surface area contributed by atoms with E-state index in [1.807, 2.05) is 14.0 Å². The van der Waals surface area contributed by atoms with Crippen molar-refractivity contribution in [3.8, 4) is 11.3 Å². The number of anilines is 1. The van der Waals surface area contributed by atoms with E-state index in [9.17, 15) is 9.59 Å². The number of H-pyrrole nitrogens is 1. The van der Waals surface area contributed by atoms with Crippen molar-refractivity contribution in [1.82, 2.24) is 29.4 Å². The summed E-state index contributed by atoms with van der Waals surface area (Å²) in [5, 5.41) is 11.9. The molecular formula is C22H31N7O3. The number of nitrogen functional groups attached to an aromatic ring is 1. The molecule has 3 aromatic heterocycles. The number of aromatic nitrogens is 5. The Morgan fingerprint density at radius 3 is 2.66 bits per heavy atom. The predicted molar refractivity (Wildman–Crippen MR) is 122 cm³/mol. The Labute approximate surface area is 186 Å². The van der Waals surface area contributed by atoms with Crippen molar-refractivity contribution in [1.29, 1.82) is 0 Å². The molecular weight excluding hydrogens is 410 g/mol. The van der Waals surface area contributed by atoms with Crippen LogP contribution in [0.15, 0.2) is 17.1 Å². The second-order valence-electron chi connectivity index (χ2n) is 8.90. The fourth-order valence-corrected chi connectivity index (χ4v) is 4.19. The predicted octanol–water partition coefficient (Wildman–Crippen LogP) is 2.18. The van der Waals surface area contributed by atoms with Gasteiger partial charge < -0.3 is 19.9 Å². The molecule has 1 atom stereocenters. The van der Waals surface area contributed by atoms with Gasteiger partial charge in [-0.3, -0.25) is 19.4 Å². The summed E-state index contributed by atoms with van der Waals surface area (Å²) in [5.74, 6) is 0.297. The smallest absolute Gasteiger partial charge is 0.272 e. The van der Waals surface area contributed by atoms with E-state index in [1.54, 1.807) is 33.5 Å². The number of pyridine rings is 1. The van der Waals surface area contributed by atoms with Crippen LogP contribution in [0, 0.1) is 5.92 Å². The number of nitrogens with zero attached hydrogens (tertiary/aromatic N) is 5. The maximum atomic E-state index is 13.2. The van der Waals surface area contributed by atoms with Gasteiger partial charge in [-0.25, -0.2) is 0 Å². The summed E-state index contributed by atoms with van der Waals surface area (Å²) in [6, 6.07) is 1.85. The zero-order valence-corrected chi connectivity index (χ0v) is 19.3. The van der Waals surface area contributed by atoms with E-state index in [2.05, 4.69) is 29.1 Å². The van der Waals surface area contributed by atoms with Gasteiger partial charge in [0.25, 0.3) is 11.5 Å². The van der Waals surface area contributed by atoms with Gasteiger partial charge in [-0.2, -0.15) is 10.2 Å². The summed E-state index contributed by atoms with van der Waals surface area (Å²) < 4.78 is 8.68. The molecule has 10 heteroatoms. The minimum atomic E-state index is -0.192. The summed E-state index contributed by atoms with van der Waals surface area (Å²) in [6.45, 7) is 7.43. The summed E-state index contributed by atoms with van der Waals surface area (Å²) in [5.41, 5.74) is 8.09. The van der Waals surface area contributed by atoms with Crippen molar-refractivity contribution >= 4 is 22.6 Å². The molecule has 1 fully saturated rings. The van der Waals surface area contributed by atoms with Gasteiger partial charge in [0.1, 0.15) is 11.1 Å². The standard InChI is InChI=1S/C22H31N7O3/c1-12(2)13(3)29-11-15(19-18(22(29)31)20(23)25-24-19)16-10-17(28(5)26-16)21(30)27(4)14-6-8-32-9-7-14/h10-14H,6-9H2,1-5H3,(H3,23,24,25). The van der Waals surface area contributed by atoms with Crippen LogP contribution in [0.3, 0.4) is 0 Å². The fourth-order valence-electron chi connectivity index (χ4n) is 4.19. The third-order valence-electron chi connectivity index (χ3n) is 6.62. The van der Waals surface area contributed by atoms with Gasteiger partial charge in [0.05, 0.1) is 11.2 Å². The Morgan fingerprint density at radius 1 is 1.31 bits per heavy atom. The molecule has 0 radical (unpaired) electrons.